The van der Waals surface area contributed by atoms with Crippen molar-refractivity contribution in [2.45, 2.75) is 19.6 Å². The normalized spacial score (nSPS) is 10.9. The third kappa shape index (κ3) is 6.43. The highest BCUT2D eigenvalue weighted by atomic mass is 32.2. The van der Waals surface area contributed by atoms with Crippen LogP contribution >= 0.6 is 0 Å². The number of ether oxygens (including phenoxy) is 1. The highest BCUT2D eigenvalue weighted by molar-refractivity contribution is 7.97. The molecule has 4 aromatic carbocycles. The first kappa shape index (κ1) is 23.5. The van der Waals surface area contributed by atoms with E-state index in [4.69, 9.17) is 4.74 Å². The van der Waals surface area contributed by atoms with Gasteiger partial charge in [0.25, 0.3) is 0 Å². The highest BCUT2D eigenvalue weighted by Crippen LogP contribution is 2.31. The van der Waals surface area contributed by atoms with Gasteiger partial charge in [-0.15, -0.1) is 0 Å². The number of rotatable bonds is 5. The summed E-state index contributed by atoms with van der Waals surface area (Å²) in [5, 5.41) is 0. The maximum atomic E-state index is 12.2. The fourth-order valence-electron chi connectivity index (χ4n) is 2.83. The summed E-state index contributed by atoms with van der Waals surface area (Å²) in [5.41, 5.74) is 0. The Hall–Kier alpha value is -3.13. The molecule has 0 N–H and O–H groups in total. The molecule has 0 radical (unpaired) electrons. The lowest BCUT2D eigenvalue weighted by molar-refractivity contribution is 0.414. The van der Waals surface area contributed by atoms with Crippen molar-refractivity contribution in [1.82, 2.24) is 0 Å². The van der Waals surface area contributed by atoms with Crippen LogP contribution in [0.5, 0.6) is 5.75 Å². The predicted octanol–water partition coefficient (Wildman–Crippen LogP) is 5.52. The molecule has 0 unspecified atom stereocenters. The fourth-order valence-corrected chi connectivity index (χ4v) is 5.39. The molecular weight excluding hydrogens is 447 g/mol. The van der Waals surface area contributed by atoms with Crippen molar-refractivity contribution in [3.05, 3.63) is 115 Å². The number of hydrogen-bond acceptors (Lipinski definition) is 4. The number of methoxy groups -OCH3 is 1. The van der Waals surface area contributed by atoms with Crippen molar-refractivity contribution in [2.75, 3.05) is 7.11 Å². The molecule has 4 nitrogen and oxygen atoms in total. The number of benzene rings is 4. The molecule has 0 saturated carbocycles. The first-order valence-electron chi connectivity index (χ1n) is 9.58. The second-order valence-electron chi connectivity index (χ2n) is 6.52. The van der Waals surface area contributed by atoms with E-state index in [0.717, 1.165) is 30.0 Å². The zero-order chi connectivity index (χ0) is 23.0. The molecule has 0 spiro atoms. The summed E-state index contributed by atoms with van der Waals surface area (Å²) in [6.07, 6.45) is 0. The summed E-state index contributed by atoms with van der Waals surface area (Å²) in [6, 6.07) is 33.4. The van der Waals surface area contributed by atoms with Crippen molar-refractivity contribution in [1.29, 1.82) is 0 Å². The molecule has 4 rings (SSSR count). The Morgan fingerprint density at radius 1 is 0.688 bits per heavy atom. The zero-order valence-corrected chi connectivity index (χ0v) is 18.9. The van der Waals surface area contributed by atoms with Gasteiger partial charge in [0.1, 0.15) is 21.7 Å². The molecule has 7 heteroatoms. The summed E-state index contributed by atoms with van der Waals surface area (Å²) in [4.78, 5) is 3.54. The summed E-state index contributed by atoms with van der Waals surface area (Å²) in [7, 11) is -2.82. The molecule has 0 heterocycles. The van der Waals surface area contributed by atoms with Crippen molar-refractivity contribution in [3.63, 3.8) is 0 Å². The number of halogens is 1. The molecule has 0 amide bonds. The van der Waals surface area contributed by atoms with Crippen molar-refractivity contribution >= 4 is 21.0 Å². The van der Waals surface area contributed by atoms with Crippen LogP contribution in [0.4, 0.5) is 4.39 Å². The summed E-state index contributed by atoms with van der Waals surface area (Å²) in [5.74, 6) is 0.320. The van der Waals surface area contributed by atoms with Gasteiger partial charge in [0.15, 0.2) is 14.7 Å². The summed E-state index contributed by atoms with van der Waals surface area (Å²) >= 11 is 0. The highest BCUT2D eigenvalue weighted by Gasteiger charge is 2.27. The van der Waals surface area contributed by atoms with Crippen LogP contribution in [-0.4, -0.2) is 20.1 Å². The van der Waals surface area contributed by atoms with E-state index in [2.05, 4.69) is 72.8 Å². The second kappa shape index (κ2) is 10.9. The third-order valence-corrected chi connectivity index (χ3v) is 7.44. The smallest absolute Gasteiger partial charge is 0.166 e. The average Bonchev–Trinajstić information content (AvgIpc) is 2.81. The van der Waals surface area contributed by atoms with Gasteiger partial charge in [-0.05, 0) is 72.8 Å². The first-order chi connectivity index (χ1) is 15.4. The van der Waals surface area contributed by atoms with E-state index < -0.39 is 20.8 Å². The van der Waals surface area contributed by atoms with Gasteiger partial charge in [0.2, 0.25) is 0 Å². The van der Waals surface area contributed by atoms with Gasteiger partial charge < -0.3 is 9.29 Å². The van der Waals surface area contributed by atoms with Crippen molar-refractivity contribution < 1.29 is 22.1 Å². The first-order valence-corrected chi connectivity index (χ1v) is 12.2. The Kier molecular flexibility index (Phi) is 8.05. The van der Waals surface area contributed by atoms with E-state index in [1.165, 1.54) is 14.7 Å². The van der Waals surface area contributed by atoms with Gasteiger partial charge in [-0.25, -0.2) is 12.8 Å². The fraction of sp³-hybridized carbons (Fsp3) is 0.0400. The van der Waals surface area contributed by atoms with Gasteiger partial charge in [-0.3, -0.25) is 0 Å². The molecule has 0 bridgehead atoms. The van der Waals surface area contributed by atoms with E-state index in [0.29, 0.717) is 0 Å². The van der Waals surface area contributed by atoms with Crippen LogP contribution in [0.2, 0.25) is 0 Å². The van der Waals surface area contributed by atoms with Gasteiger partial charge in [0.05, 0.1) is 22.9 Å². The van der Waals surface area contributed by atoms with Gasteiger partial charge in [-0.2, -0.15) is 0 Å². The maximum absolute atomic E-state index is 12.2. The third-order valence-electron chi connectivity index (χ3n) is 4.36. The molecular formula is C25H21FO4S2. The topological polar surface area (TPSA) is 66.4 Å². The second-order valence-corrected chi connectivity index (χ2v) is 9.92. The van der Waals surface area contributed by atoms with Gasteiger partial charge in [-0.1, -0.05) is 36.4 Å². The molecule has 0 atom stereocenters. The number of hydrogen-bond donors (Lipinski definition) is 0. The van der Waals surface area contributed by atoms with Crippen molar-refractivity contribution in [3.8, 4) is 5.75 Å². The lowest BCUT2D eigenvalue weighted by atomic mass is 10.3. The van der Waals surface area contributed by atoms with Crippen LogP contribution in [0.1, 0.15) is 0 Å². The molecule has 164 valence electrons. The van der Waals surface area contributed by atoms with E-state index in [9.17, 15) is 17.4 Å². The van der Waals surface area contributed by atoms with E-state index in [1.54, 1.807) is 7.11 Å². The molecule has 0 aliphatic heterocycles. The van der Waals surface area contributed by atoms with Crippen LogP contribution in [0, 0.1) is 5.82 Å². The van der Waals surface area contributed by atoms with E-state index in [-0.39, 0.29) is 10.9 Å². The van der Waals surface area contributed by atoms with Crippen LogP contribution < -0.4 is 4.74 Å². The summed E-state index contributed by atoms with van der Waals surface area (Å²) < 4.78 is 48.2. The van der Waals surface area contributed by atoms with Crippen LogP contribution in [0.25, 0.3) is 0 Å². The van der Waals surface area contributed by atoms with E-state index in [1.807, 2.05) is 12.1 Å². The minimum Gasteiger partial charge on any atom is -0.744 e. The van der Waals surface area contributed by atoms with Crippen LogP contribution in [-0.2, 0) is 21.0 Å². The Morgan fingerprint density at radius 3 is 1.53 bits per heavy atom. The lowest BCUT2D eigenvalue weighted by Crippen LogP contribution is -2.04. The lowest BCUT2D eigenvalue weighted by Gasteiger charge is -2.08. The van der Waals surface area contributed by atoms with E-state index >= 15 is 0 Å². The zero-order valence-electron chi connectivity index (χ0n) is 17.2. The molecule has 0 aliphatic carbocycles. The summed E-state index contributed by atoms with van der Waals surface area (Å²) in [6.45, 7) is 0. The van der Waals surface area contributed by atoms with Crippen molar-refractivity contribution in [2.24, 2.45) is 0 Å². The Labute approximate surface area is 190 Å². The molecule has 0 saturated heterocycles. The molecule has 32 heavy (non-hydrogen) atoms. The molecule has 0 aliphatic rings. The Balaban J connectivity index is 0.000000222. The predicted molar refractivity (Wildman–Crippen MR) is 122 cm³/mol. The largest absolute Gasteiger partial charge is 0.744 e. The SMILES string of the molecule is COc1ccc([S+](c2ccccc2)c2ccccc2)cc1.O=S(=O)([O-])c1ccc(F)cc1. The van der Waals surface area contributed by atoms with Crippen LogP contribution in [0.15, 0.2) is 129 Å². The van der Waals surface area contributed by atoms with Gasteiger partial charge in [0, 0.05) is 0 Å². The molecule has 4 aromatic rings. The molecule has 0 aromatic heterocycles. The van der Waals surface area contributed by atoms with Gasteiger partial charge >= 0.3 is 0 Å². The maximum Gasteiger partial charge on any atom is 0.166 e. The minimum atomic E-state index is -4.44. The monoisotopic (exact) mass is 468 g/mol. The Bertz CT molecular complexity index is 1170. The minimum absolute atomic E-state index is 0.0804. The standard InChI is InChI=1S/C19H17OS.C6H5FO3S/c1-20-16-12-14-19(15-13-16)21(17-8-4-2-5-9-17)18-10-6-3-7-11-18;7-5-1-3-6(4-2-5)11(8,9)10/h2-15H,1H3;1-4H,(H,8,9,10)/q+1;/p-1. The quantitative estimate of drug-likeness (QED) is 0.286. The van der Waals surface area contributed by atoms with Crippen LogP contribution in [0.3, 0.4) is 0 Å². The Morgan fingerprint density at radius 2 is 1.12 bits per heavy atom. The molecule has 0 fully saturated rings. The average molecular weight is 469 g/mol.